The predicted octanol–water partition coefficient (Wildman–Crippen LogP) is 3.78. The van der Waals surface area contributed by atoms with Gasteiger partial charge in [0.2, 0.25) is 0 Å². The van der Waals surface area contributed by atoms with Crippen molar-refractivity contribution in [2.24, 2.45) is 0 Å². The highest BCUT2D eigenvalue weighted by molar-refractivity contribution is 5.97. The van der Waals surface area contributed by atoms with Crippen LogP contribution in [0, 0.1) is 18.3 Å². The monoisotopic (exact) mass is 229 g/mol. The number of hydrogen-bond donors (Lipinski definition) is 0. The van der Waals surface area contributed by atoms with Gasteiger partial charge in [0.15, 0.2) is 5.78 Å². The second kappa shape index (κ2) is 5.14. The van der Waals surface area contributed by atoms with Gasteiger partial charge in [-0.3, -0.25) is 4.79 Å². The lowest BCUT2D eigenvalue weighted by Gasteiger charge is -2.20. The van der Waals surface area contributed by atoms with E-state index in [1.165, 1.54) is 0 Å². The molecule has 0 N–H and O–H groups in total. The number of benzene rings is 1. The van der Waals surface area contributed by atoms with Crippen LogP contribution in [0.5, 0.6) is 0 Å². The normalized spacial score (nSPS) is 11.0. The molecule has 0 saturated heterocycles. The van der Waals surface area contributed by atoms with Crippen molar-refractivity contribution in [2.45, 2.75) is 46.0 Å². The van der Waals surface area contributed by atoms with Crippen LogP contribution in [0.15, 0.2) is 18.2 Å². The molecule has 0 aliphatic heterocycles. The minimum absolute atomic E-state index is 0.0396. The summed E-state index contributed by atoms with van der Waals surface area (Å²) in [7, 11) is 0. The van der Waals surface area contributed by atoms with Gasteiger partial charge in [-0.25, -0.2) is 0 Å². The first-order valence-electron chi connectivity index (χ1n) is 5.87. The van der Waals surface area contributed by atoms with E-state index in [0.29, 0.717) is 6.42 Å². The molecule has 1 aromatic carbocycles. The molecule has 0 aromatic heterocycles. The number of nitrogens with zero attached hydrogens (tertiary/aromatic N) is 1. The standard InChI is InChI=1S/C15H19NO/c1-11-7-8-12(15(2,3)4)10-13(11)14(17)6-5-9-16/h7-8,10H,5-6H2,1-4H3. The molecule has 2 nitrogen and oxygen atoms in total. The van der Waals surface area contributed by atoms with Crippen molar-refractivity contribution < 1.29 is 4.79 Å². The number of aryl methyl sites for hydroxylation is 1. The zero-order chi connectivity index (χ0) is 13.1. The van der Waals surface area contributed by atoms with Crippen LogP contribution in [-0.2, 0) is 5.41 Å². The van der Waals surface area contributed by atoms with Crippen LogP contribution in [-0.4, -0.2) is 5.78 Å². The lowest BCUT2D eigenvalue weighted by molar-refractivity contribution is 0.0983. The number of Topliss-reactive ketones (excluding diaryl/α,β-unsaturated/α-hetero) is 1. The molecule has 0 radical (unpaired) electrons. The summed E-state index contributed by atoms with van der Waals surface area (Å²) in [5.74, 6) is 0.0650. The van der Waals surface area contributed by atoms with Crippen molar-refractivity contribution in [3.05, 3.63) is 34.9 Å². The predicted molar refractivity (Wildman–Crippen MR) is 69.1 cm³/mol. The lowest BCUT2D eigenvalue weighted by Crippen LogP contribution is -2.13. The van der Waals surface area contributed by atoms with E-state index in [0.717, 1.165) is 16.7 Å². The smallest absolute Gasteiger partial charge is 0.164 e. The van der Waals surface area contributed by atoms with Crippen molar-refractivity contribution in [3.8, 4) is 6.07 Å². The van der Waals surface area contributed by atoms with Crippen LogP contribution in [0.1, 0.15) is 55.1 Å². The number of rotatable bonds is 3. The van der Waals surface area contributed by atoms with Gasteiger partial charge in [0, 0.05) is 18.4 Å². The van der Waals surface area contributed by atoms with Gasteiger partial charge in [-0.1, -0.05) is 32.9 Å². The van der Waals surface area contributed by atoms with E-state index in [1.54, 1.807) is 0 Å². The zero-order valence-electron chi connectivity index (χ0n) is 11.0. The number of ketones is 1. The number of carbonyl (C=O) groups is 1. The molecule has 0 spiro atoms. The molecule has 0 unspecified atom stereocenters. The average molecular weight is 229 g/mol. The van der Waals surface area contributed by atoms with Crippen molar-refractivity contribution >= 4 is 5.78 Å². The maximum absolute atomic E-state index is 12.0. The summed E-state index contributed by atoms with van der Waals surface area (Å²) in [5.41, 5.74) is 2.94. The summed E-state index contributed by atoms with van der Waals surface area (Å²) >= 11 is 0. The van der Waals surface area contributed by atoms with Crippen molar-refractivity contribution in [1.82, 2.24) is 0 Å². The quantitative estimate of drug-likeness (QED) is 0.740. The number of nitriles is 1. The van der Waals surface area contributed by atoms with Gasteiger partial charge >= 0.3 is 0 Å². The number of carbonyl (C=O) groups excluding carboxylic acids is 1. The lowest BCUT2D eigenvalue weighted by atomic mass is 9.84. The van der Waals surface area contributed by atoms with Gasteiger partial charge in [0.25, 0.3) is 0 Å². The third kappa shape index (κ3) is 3.42. The Labute approximate surface area is 103 Å². The summed E-state index contributed by atoms with van der Waals surface area (Å²) in [4.78, 5) is 12.0. The van der Waals surface area contributed by atoms with Gasteiger partial charge in [-0.2, -0.15) is 5.26 Å². The summed E-state index contributed by atoms with van der Waals surface area (Å²) < 4.78 is 0. The molecular weight excluding hydrogens is 210 g/mol. The molecule has 17 heavy (non-hydrogen) atoms. The molecule has 0 saturated carbocycles. The Morgan fingerprint density at radius 1 is 1.35 bits per heavy atom. The van der Waals surface area contributed by atoms with Gasteiger partial charge in [-0.15, -0.1) is 0 Å². The van der Waals surface area contributed by atoms with Crippen LogP contribution >= 0.6 is 0 Å². The molecule has 0 amide bonds. The fourth-order valence-electron chi connectivity index (χ4n) is 1.69. The summed E-state index contributed by atoms with van der Waals surface area (Å²) in [6, 6.07) is 8.03. The topological polar surface area (TPSA) is 40.9 Å². The van der Waals surface area contributed by atoms with E-state index >= 15 is 0 Å². The molecule has 0 atom stereocenters. The fourth-order valence-corrected chi connectivity index (χ4v) is 1.69. The van der Waals surface area contributed by atoms with Gasteiger partial charge in [0.1, 0.15) is 0 Å². The van der Waals surface area contributed by atoms with E-state index in [4.69, 9.17) is 5.26 Å². The molecule has 2 heteroatoms. The first-order valence-corrected chi connectivity index (χ1v) is 5.87. The summed E-state index contributed by atoms with van der Waals surface area (Å²) in [6.07, 6.45) is 0.600. The van der Waals surface area contributed by atoms with Crippen molar-refractivity contribution in [3.63, 3.8) is 0 Å². The average Bonchev–Trinajstić information content (AvgIpc) is 2.24. The van der Waals surface area contributed by atoms with Crippen LogP contribution in [0.3, 0.4) is 0 Å². The Balaban J connectivity index is 3.07. The Hall–Kier alpha value is -1.62. The van der Waals surface area contributed by atoms with Gasteiger partial charge in [-0.05, 0) is 29.5 Å². The second-order valence-electron chi connectivity index (χ2n) is 5.36. The first-order chi connectivity index (χ1) is 7.86. The summed E-state index contributed by atoms with van der Waals surface area (Å²) in [5, 5.41) is 8.51. The fraction of sp³-hybridized carbons (Fsp3) is 0.467. The van der Waals surface area contributed by atoms with Crippen LogP contribution in [0.25, 0.3) is 0 Å². The highest BCUT2D eigenvalue weighted by atomic mass is 16.1. The van der Waals surface area contributed by atoms with E-state index in [2.05, 4.69) is 26.8 Å². The third-order valence-corrected chi connectivity index (χ3v) is 2.87. The largest absolute Gasteiger partial charge is 0.294 e. The minimum atomic E-state index is 0.0396. The molecular formula is C15H19NO. The van der Waals surface area contributed by atoms with E-state index in [-0.39, 0.29) is 17.6 Å². The Morgan fingerprint density at radius 3 is 2.53 bits per heavy atom. The van der Waals surface area contributed by atoms with Crippen molar-refractivity contribution in [1.29, 1.82) is 5.26 Å². The van der Waals surface area contributed by atoms with E-state index in [1.807, 2.05) is 25.1 Å². The molecule has 1 rings (SSSR count). The van der Waals surface area contributed by atoms with Crippen LogP contribution in [0.4, 0.5) is 0 Å². The third-order valence-electron chi connectivity index (χ3n) is 2.87. The highest BCUT2D eigenvalue weighted by Gasteiger charge is 2.17. The van der Waals surface area contributed by atoms with E-state index in [9.17, 15) is 4.79 Å². The molecule has 0 fully saturated rings. The van der Waals surface area contributed by atoms with Crippen LogP contribution in [0.2, 0.25) is 0 Å². The maximum Gasteiger partial charge on any atom is 0.164 e. The Kier molecular flexibility index (Phi) is 4.07. The molecule has 1 aromatic rings. The van der Waals surface area contributed by atoms with Gasteiger partial charge in [0.05, 0.1) is 6.07 Å². The molecule has 0 aliphatic rings. The molecule has 0 bridgehead atoms. The summed E-state index contributed by atoms with van der Waals surface area (Å²) in [6.45, 7) is 8.32. The highest BCUT2D eigenvalue weighted by Crippen LogP contribution is 2.25. The second-order valence-corrected chi connectivity index (χ2v) is 5.36. The number of hydrogen-bond acceptors (Lipinski definition) is 2. The molecule has 0 heterocycles. The Bertz CT molecular complexity index is 461. The zero-order valence-corrected chi connectivity index (χ0v) is 11.0. The molecule has 90 valence electrons. The van der Waals surface area contributed by atoms with Crippen molar-refractivity contribution in [2.75, 3.05) is 0 Å². The SMILES string of the molecule is Cc1ccc(C(C)(C)C)cc1C(=O)CCC#N. The maximum atomic E-state index is 12.0. The van der Waals surface area contributed by atoms with Gasteiger partial charge < -0.3 is 0 Å². The first kappa shape index (κ1) is 13.4. The van der Waals surface area contributed by atoms with Crippen LogP contribution < -0.4 is 0 Å². The minimum Gasteiger partial charge on any atom is -0.294 e. The Morgan fingerprint density at radius 2 is 2.00 bits per heavy atom. The molecule has 0 aliphatic carbocycles. The van der Waals surface area contributed by atoms with E-state index < -0.39 is 0 Å².